The van der Waals surface area contributed by atoms with E-state index in [0.29, 0.717) is 19.4 Å². The van der Waals surface area contributed by atoms with Gasteiger partial charge in [0.25, 0.3) is 0 Å². The molecule has 4 heteroatoms. The van der Waals surface area contributed by atoms with E-state index in [-0.39, 0.29) is 5.91 Å². The number of amides is 1. The number of carbonyl (C=O) groups is 1. The summed E-state index contributed by atoms with van der Waals surface area (Å²) in [7, 11) is 3.28. The SMILES string of the molecule is COc1ccccc1CCC(=O)NCc1cc(C)ccc1OC. The highest BCUT2D eigenvalue weighted by Crippen LogP contribution is 2.20. The van der Waals surface area contributed by atoms with Gasteiger partial charge in [-0.05, 0) is 31.0 Å². The first-order valence-electron chi connectivity index (χ1n) is 7.66. The van der Waals surface area contributed by atoms with Crippen LogP contribution in [0.1, 0.15) is 23.1 Å². The third kappa shape index (κ3) is 4.74. The van der Waals surface area contributed by atoms with Gasteiger partial charge in [0.15, 0.2) is 0 Å². The normalized spacial score (nSPS) is 10.2. The second-order valence-electron chi connectivity index (χ2n) is 5.40. The Bertz CT molecular complexity index is 667. The van der Waals surface area contributed by atoms with Crippen LogP contribution in [0.2, 0.25) is 0 Å². The molecule has 0 spiro atoms. The van der Waals surface area contributed by atoms with E-state index in [1.54, 1.807) is 14.2 Å². The first-order chi connectivity index (χ1) is 11.1. The van der Waals surface area contributed by atoms with E-state index in [1.807, 2.05) is 49.4 Å². The lowest BCUT2D eigenvalue weighted by Gasteiger charge is -2.11. The molecule has 0 fully saturated rings. The molecule has 0 unspecified atom stereocenters. The summed E-state index contributed by atoms with van der Waals surface area (Å²) in [5.41, 5.74) is 3.17. The van der Waals surface area contributed by atoms with Crippen molar-refractivity contribution in [2.24, 2.45) is 0 Å². The van der Waals surface area contributed by atoms with Gasteiger partial charge < -0.3 is 14.8 Å². The molecule has 0 aromatic heterocycles. The number of rotatable bonds is 7. The molecule has 0 radical (unpaired) electrons. The van der Waals surface area contributed by atoms with Crippen molar-refractivity contribution >= 4 is 5.91 Å². The zero-order valence-electron chi connectivity index (χ0n) is 13.9. The van der Waals surface area contributed by atoms with Crippen molar-refractivity contribution in [1.82, 2.24) is 5.32 Å². The van der Waals surface area contributed by atoms with Gasteiger partial charge in [-0.2, -0.15) is 0 Å². The summed E-state index contributed by atoms with van der Waals surface area (Å²) in [5, 5.41) is 2.95. The number of carbonyl (C=O) groups excluding carboxylic acids is 1. The summed E-state index contributed by atoms with van der Waals surface area (Å²) in [6, 6.07) is 13.7. The first kappa shape index (κ1) is 16.9. The summed E-state index contributed by atoms with van der Waals surface area (Å²) < 4.78 is 10.6. The predicted octanol–water partition coefficient (Wildman–Crippen LogP) is 3.26. The fraction of sp³-hybridized carbons (Fsp3) is 0.316. The molecule has 0 bridgehead atoms. The minimum Gasteiger partial charge on any atom is -0.496 e. The Morgan fingerprint density at radius 2 is 1.70 bits per heavy atom. The van der Waals surface area contributed by atoms with Gasteiger partial charge in [-0.25, -0.2) is 0 Å². The molecule has 122 valence electrons. The van der Waals surface area contributed by atoms with Gasteiger partial charge in [0.05, 0.1) is 14.2 Å². The maximum atomic E-state index is 12.1. The maximum Gasteiger partial charge on any atom is 0.220 e. The standard InChI is InChI=1S/C19H23NO3/c1-14-8-10-18(23-3)16(12-14)13-20-19(21)11-9-15-6-4-5-7-17(15)22-2/h4-8,10,12H,9,11,13H2,1-3H3,(H,20,21). The van der Waals surface area contributed by atoms with Crippen LogP contribution in [-0.2, 0) is 17.8 Å². The second kappa shape index (κ2) is 8.22. The van der Waals surface area contributed by atoms with Gasteiger partial charge in [-0.3, -0.25) is 4.79 Å². The van der Waals surface area contributed by atoms with Gasteiger partial charge in [0.1, 0.15) is 11.5 Å². The molecular weight excluding hydrogens is 290 g/mol. The van der Waals surface area contributed by atoms with Gasteiger partial charge in [-0.15, -0.1) is 0 Å². The summed E-state index contributed by atoms with van der Waals surface area (Å²) in [5.74, 6) is 1.63. The van der Waals surface area contributed by atoms with Crippen molar-refractivity contribution in [2.75, 3.05) is 14.2 Å². The number of ether oxygens (including phenoxy) is 2. The van der Waals surface area contributed by atoms with Crippen LogP contribution < -0.4 is 14.8 Å². The Morgan fingerprint density at radius 3 is 2.43 bits per heavy atom. The largest absolute Gasteiger partial charge is 0.496 e. The Morgan fingerprint density at radius 1 is 1.00 bits per heavy atom. The number of hydrogen-bond donors (Lipinski definition) is 1. The molecule has 1 amide bonds. The summed E-state index contributed by atoms with van der Waals surface area (Å²) in [4.78, 5) is 12.1. The van der Waals surface area contributed by atoms with E-state index in [4.69, 9.17) is 9.47 Å². The number of aryl methyl sites for hydroxylation is 2. The van der Waals surface area contributed by atoms with Crippen LogP contribution in [0.25, 0.3) is 0 Å². The molecule has 2 aromatic rings. The average Bonchev–Trinajstić information content (AvgIpc) is 2.58. The third-order valence-corrected chi connectivity index (χ3v) is 3.73. The number of para-hydroxylation sites is 1. The maximum absolute atomic E-state index is 12.1. The van der Waals surface area contributed by atoms with Crippen molar-refractivity contribution < 1.29 is 14.3 Å². The Labute approximate surface area is 137 Å². The third-order valence-electron chi connectivity index (χ3n) is 3.73. The van der Waals surface area contributed by atoms with Crippen molar-refractivity contribution in [3.63, 3.8) is 0 Å². The molecule has 1 N–H and O–H groups in total. The van der Waals surface area contributed by atoms with Crippen LogP contribution in [-0.4, -0.2) is 20.1 Å². The molecule has 2 aromatic carbocycles. The smallest absolute Gasteiger partial charge is 0.220 e. The monoisotopic (exact) mass is 313 g/mol. The van der Waals surface area contributed by atoms with Gasteiger partial charge >= 0.3 is 0 Å². The van der Waals surface area contributed by atoms with Gasteiger partial charge in [-0.1, -0.05) is 35.9 Å². The summed E-state index contributed by atoms with van der Waals surface area (Å²) >= 11 is 0. The molecule has 0 aliphatic carbocycles. The van der Waals surface area contributed by atoms with Gasteiger partial charge in [0.2, 0.25) is 5.91 Å². The Kier molecular flexibility index (Phi) is 6.03. The van der Waals surface area contributed by atoms with E-state index in [0.717, 1.165) is 28.2 Å². The lowest BCUT2D eigenvalue weighted by Crippen LogP contribution is -2.23. The van der Waals surface area contributed by atoms with Crippen LogP contribution in [0, 0.1) is 6.92 Å². The molecule has 0 aliphatic heterocycles. The molecule has 0 aliphatic rings. The summed E-state index contributed by atoms with van der Waals surface area (Å²) in [6.45, 7) is 2.49. The van der Waals surface area contributed by atoms with Crippen molar-refractivity contribution in [3.8, 4) is 11.5 Å². The average molecular weight is 313 g/mol. The molecule has 0 saturated heterocycles. The number of methoxy groups -OCH3 is 2. The molecule has 2 rings (SSSR count). The highest BCUT2D eigenvalue weighted by molar-refractivity contribution is 5.76. The van der Waals surface area contributed by atoms with Crippen LogP contribution in [0.4, 0.5) is 0 Å². The lowest BCUT2D eigenvalue weighted by atomic mass is 10.1. The molecule has 23 heavy (non-hydrogen) atoms. The molecule has 0 heterocycles. The fourth-order valence-electron chi connectivity index (χ4n) is 2.49. The van der Waals surface area contributed by atoms with Crippen LogP contribution in [0.3, 0.4) is 0 Å². The fourth-order valence-corrected chi connectivity index (χ4v) is 2.49. The highest BCUT2D eigenvalue weighted by atomic mass is 16.5. The second-order valence-corrected chi connectivity index (χ2v) is 5.40. The van der Waals surface area contributed by atoms with E-state index in [1.165, 1.54) is 0 Å². The first-order valence-corrected chi connectivity index (χ1v) is 7.66. The topological polar surface area (TPSA) is 47.6 Å². The van der Waals surface area contributed by atoms with Crippen LogP contribution >= 0.6 is 0 Å². The van der Waals surface area contributed by atoms with Gasteiger partial charge in [0, 0.05) is 18.5 Å². The highest BCUT2D eigenvalue weighted by Gasteiger charge is 2.08. The number of benzene rings is 2. The zero-order valence-corrected chi connectivity index (χ0v) is 13.9. The van der Waals surface area contributed by atoms with E-state index in [9.17, 15) is 4.79 Å². The molecule has 4 nitrogen and oxygen atoms in total. The Balaban J connectivity index is 1.89. The van der Waals surface area contributed by atoms with Crippen molar-refractivity contribution in [3.05, 3.63) is 59.2 Å². The van der Waals surface area contributed by atoms with E-state index >= 15 is 0 Å². The Hall–Kier alpha value is -2.49. The molecular formula is C19H23NO3. The van der Waals surface area contributed by atoms with Crippen molar-refractivity contribution in [2.45, 2.75) is 26.3 Å². The van der Waals surface area contributed by atoms with Crippen molar-refractivity contribution in [1.29, 1.82) is 0 Å². The molecule has 0 saturated carbocycles. The minimum atomic E-state index is 0.0134. The predicted molar refractivity (Wildman–Crippen MR) is 90.9 cm³/mol. The number of hydrogen-bond acceptors (Lipinski definition) is 3. The molecule has 0 atom stereocenters. The lowest BCUT2D eigenvalue weighted by molar-refractivity contribution is -0.121. The quantitative estimate of drug-likeness (QED) is 0.853. The van der Waals surface area contributed by atoms with Crippen LogP contribution in [0.15, 0.2) is 42.5 Å². The van der Waals surface area contributed by atoms with Crippen LogP contribution in [0.5, 0.6) is 11.5 Å². The van der Waals surface area contributed by atoms with E-state index in [2.05, 4.69) is 5.32 Å². The zero-order chi connectivity index (χ0) is 16.7. The minimum absolute atomic E-state index is 0.0134. The number of nitrogens with one attached hydrogen (secondary N) is 1. The van der Waals surface area contributed by atoms with E-state index < -0.39 is 0 Å². The summed E-state index contributed by atoms with van der Waals surface area (Å²) in [6.07, 6.45) is 1.08.